The number of esters is 1. The molecule has 0 aliphatic carbocycles. The molecule has 1 amide bonds. The van der Waals surface area contributed by atoms with Crippen molar-refractivity contribution < 1.29 is 19.1 Å². The predicted molar refractivity (Wildman–Crippen MR) is 111 cm³/mol. The summed E-state index contributed by atoms with van der Waals surface area (Å²) >= 11 is 0. The van der Waals surface area contributed by atoms with Crippen LogP contribution in [0.4, 0.5) is 0 Å². The Morgan fingerprint density at radius 2 is 2.07 bits per heavy atom. The van der Waals surface area contributed by atoms with Gasteiger partial charge >= 0.3 is 5.97 Å². The monoisotopic (exact) mass is 414 g/mol. The second-order valence-electron chi connectivity index (χ2n) is 7.81. The topological polar surface area (TPSA) is 86.5 Å². The van der Waals surface area contributed by atoms with Crippen LogP contribution in [0, 0.1) is 19.3 Å². The smallest absolute Gasteiger partial charge is 0.314 e. The van der Waals surface area contributed by atoms with E-state index in [1.807, 2.05) is 31.2 Å². The lowest BCUT2D eigenvalue weighted by Gasteiger charge is -2.41. The molecule has 0 saturated carbocycles. The molecular weight excluding hydrogens is 384 g/mol. The fourth-order valence-electron chi connectivity index (χ4n) is 4.12. The molecule has 0 radical (unpaired) electrons. The summed E-state index contributed by atoms with van der Waals surface area (Å²) in [5, 5.41) is 4.29. The molecule has 1 atom stereocenters. The maximum atomic E-state index is 13.0. The zero-order valence-electron chi connectivity index (χ0n) is 18.2. The number of aryl methyl sites for hydroxylation is 2. The fourth-order valence-corrected chi connectivity index (χ4v) is 4.12. The van der Waals surface area contributed by atoms with Gasteiger partial charge in [0, 0.05) is 13.1 Å². The third-order valence-electron chi connectivity index (χ3n) is 5.56. The highest BCUT2D eigenvalue weighted by Gasteiger charge is 2.44. The Morgan fingerprint density at radius 3 is 2.73 bits per heavy atom. The highest BCUT2D eigenvalue weighted by atomic mass is 16.5. The standard InChI is InChI=1S/C22H30N4O4/c1-5-30-21(28)22(13-18-8-6-9-19(12-18)29-4)10-7-11-25(15-22)20(27)14-26-17(3)23-16(2)24-26/h6,8-9,12H,5,7,10-11,13-15H2,1-4H3/t22-/m0/s1. The minimum Gasteiger partial charge on any atom is -0.497 e. The number of piperidine rings is 1. The number of nitrogens with zero attached hydrogens (tertiary/aromatic N) is 4. The Kier molecular flexibility index (Phi) is 6.74. The van der Waals surface area contributed by atoms with E-state index in [9.17, 15) is 9.59 Å². The van der Waals surface area contributed by atoms with Crippen LogP contribution in [0.5, 0.6) is 5.75 Å². The molecule has 8 nitrogen and oxygen atoms in total. The number of carbonyl (C=O) groups is 2. The Balaban J connectivity index is 1.82. The van der Waals surface area contributed by atoms with Crippen LogP contribution in [-0.4, -0.2) is 58.3 Å². The Bertz CT molecular complexity index is 910. The molecule has 2 heterocycles. The summed E-state index contributed by atoms with van der Waals surface area (Å²) in [5.74, 6) is 1.76. The molecule has 1 aliphatic rings. The van der Waals surface area contributed by atoms with E-state index in [0.717, 1.165) is 17.7 Å². The number of rotatable bonds is 7. The van der Waals surface area contributed by atoms with E-state index in [4.69, 9.17) is 9.47 Å². The molecule has 1 fully saturated rings. The van der Waals surface area contributed by atoms with Crippen LogP contribution in [0.2, 0.25) is 0 Å². The molecule has 0 unspecified atom stereocenters. The molecule has 1 aromatic heterocycles. The number of carbonyl (C=O) groups excluding carboxylic acids is 2. The zero-order valence-corrected chi connectivity index (χ0v) is 18.2. The first kappa shape index (κ1) is 21.8. The third kappa shape index (κ3) is 4.80. The van der Waals surface area contributed by atoms with Gasteiger partial charge in [-0.05, 0) is 57.7 Å². The molecule has 0 spiro atoms. The van der Waals surface area contributed by atoms with Gasteiger partial charge in [-0.25, -0.2) is 9.67 Å². The molecule has 2 aromatic rings. The summed E-state index contributed by atoms with van der Waals surface area (Å²) in [4.78, 5) is 32.1. The summed E-state index contributed by atoms with van der Waals surface area (Å²) in [6.45, 7) is 6.80. The number of benzene rings is 1. The van der Waals surface area contributed by atoms with Gasteiger partial charge in [0.05, 0.1) is 19.1 Å². The lowest BCUT2D eigenvalue weighted by Crippen LogP contribution is -2.52. The van der Waals surface area contributed by atoms with Gasteiger partial charge in [-0.3, -0.25) is 9.59 Å². The van der Waals surface area contributed by atoms with Gasteiger partial charge in [0.15, 0.2) is 0 Å². The fraction of sp³-hybridized carbons (Fsp3) is 0.545. The zero-order chi connectivity index (χ0) is 21.7. The van der Waals surface area contributed by atoms with Gasteiger partial charge < -0.3 is 14.4 Å². The van der Waals surface area contributed by atoms with Crippen LogP contribution >= 0.6 is 0 Å². The Labute approximate surface area is 177 Å². The number of likely N-dealkylation sites (tertiary alicyclic amines) is 1. The van der Waals surface area contributed by atoms with E-state index in [2.05, 4.69) is 10.1 Å². The first-order valence-electron chi connectivity index (χ1n) is 10.3. The summed E-state index contributed by atoms with van der Waals surface area (Å²) in [5.41, 5.74) is 0.211. The Morgan fingerprint density at radius 1 is 1.27 bits per heavy atom. The number of aromatic nitrogens is 3. The maximum Gasteiger partial charge on any atom is 0.314 e. The van der Waals surface area contributed by atoms with Crippen molar-refractivity contribution in [2.75, 3.05) is 26.8 Å². The molecule has 1 aromatic carbocycles. The number of amides is 1. The molecule has 8 heteroatoms. The average Bonchev–Trinajstić information content (AvgIpc) is 3.05. The quantitative estimate of drug-likeness (QED) is 0.647. The van der Waals surface area contributed by atoms with Crippen LogP contribution in [0.15, 0.2) is 24.3 Å². The van der Waals surface area contributed by atoms with Crippen molar-refractivity contribution >= 4 is 11.9 Å². The minimum atomic E-state index is -0.774. The molecule has 30 heavy (non-hydrogen) atoms. The first-order valence-corrected chi connectivity index (χ1v) is 10.3. The van der Waals surface area contributed by atoms with E-state index >= 15 is 0 Å². The largest absolute Gasteiger partial charge is 0.497 e. The summed E-state index contributed by atoms with van der Waals surface area (Å²) in [6, 6.07) is 7.70. The molecule has 3 rings (SSSR count). The molecule has 162 valence electrons. The van der Waals surface area contributed by atoms with Crippen molar-refractivity contribution in [1.29, 1.82) is 0 Å². The molecule has 0 N–H and O–H groups in total. The maximum absolute atomic E-state index is 13.0. The van der Waals surface area contributed by atoms with Gasteiger partial charge in [0.25, 0.3) is 0 Å². The van der Waals surface area contributed by atoms with Crippen molar-refractivity contribution in [3.05, 3.63) is 41.5 Å². The van der Waals surface area contributed by atoms with Gasteiger partial charge in [-0.1, -0.05) is 12.1 Å². The van der Waals surface area contributed by atoms with Crippen LogP contribution in [0.3, 0.4) is 0 Å². The second-order valence-corrected chi connectivity index (χ2v) is 7.81. The van der Waals surface area contributed by atoms with Crippen molar-refractivity contribution in [2.24, 2.45) is 5.41 Å². The average molecular weight is 415 g/mol. The molecular formula is C22H30N4O4. The normalized spacial score (nSPS) is 18.9. The van der Waals surface area contributed by atoms with E-state index in [-0.39, 0.29) is 18.4 Å². The van der Waals surface area contributed by atoms with Crippen LogP contribution in [0.1, 0.15) is 37.0 Å². The van der Waals surface area contributed by atoms with E-state index < -0.39 is 5.41 Å². The Hall–Kier alpha value is -2.90. The van der Waals surface area contributed by atoms with Gasteiger partial charge in [0.2, 0.25) is 5.91 Å². The number of ether oxygens (including phenoxy) is 2. The van der Waals surface area contributed by atoms with Crippen LogP contribution in [-0.2, 0) is 27.3 Å². The lowest BCUT2D eigenvalue weighted by atomic mass is 9.75. The van der Waals surface area contributed by atoms with Gasteiger partial charge in [-0.15, -0.1) is 0 Å². The first-order chi connectivity index (χ1) is 14.4. The summed E-state index contributed by atoms with van der Waals surface area (Å²) in [7, 11) is 1.62. The highest BCUT2D eigenvalue weighted by molar-refractivity contribution is 5.81. The lowest BCUT2D eigenvalue weighted by molar-refractivity contribution is -0.161. The van der Waals surface area contributed by atoms with Crippen molar-refractivity contribution in [3.63, 3.8) is 0 Å². The number of hydrogen-bond acceptors (Lipinski definition) is 6. The number of hydrogen-bond donors (Lipinski definition) is 0. The second kappa shape index (κ2) is 9.28. The third-order valence-corrected chi connectivity index (χ3v) is 5.56. The highest BCUT2D eigenvalue weighted by Crippen LogP contribution is 2.36. The van der Waals surface area contributed by atoms with E-state index in [1.54, 1.807) is 30.5 Å². The predicted octanol–water partition coefficient (Wildman–Crippen LogP) is 2.32. The number of methoxy groups -OCH3 is 1. The van der Waals surface area contributed by atoms with Crippen LogP contribution < -0.4 is 4.74 Å². The van der Waals surface area contributed by atoms with Gasteiger partial charge in [-0.2, -0.15) is 5.10 Å². The van der Waals surface area contributed by atoms with E-state index in [0.29, 0.717) is 44.2 Å². The van der Waals surface area contributed by atoms with Crippen LogP contribution in [0.25, 0.3) is 0 Å². The minimum absolute atomic E-state index is 0.0676. The summed E-state index contributed by atoms with van der Waals surface area (Å²) < 4.78 is 12.4. The molecule has 1 saturated heterocycles. The molecule has 1 aliphatic heterocycles. The van der Waals surface area contributed by atoms with Gasteiger partial charge in [0.1, 0.15) is 23.9 Å². The van der Waals surface area contributed by atoms with Crippen molar-refractivity contribution in [2.45, 2.75) is 46.6 Å². The van der Waals surface area contributed by atoms with E-state index in [1.165, 1.54) is 0 Å². The SMILES string of the molecule is CCOC(=O)[C@]1(Cc2cccc(OC)c2)CCCN(C(=O)Cn2nc(C)nc2C)C1. The van der Waals surface area contributed by atoms with Crippen molar-refractivity contribution in [1.82, 2.24) is 19.7 Å². The summed E-state index contributed by atoms with van der Waals surface area (Å²) in [6.07, 6.45) is 1.91. The molecule has 0 bridgehead atoms. The van der Waals surface area contributed by atoms with Crippen molar-refractivity contribution in [3.8, 4) is 5.75 Å².